The molecule has 1 unspecified atom stereocenters. The number of rotatable bonds is 7. The number of aliphatic hydroxyl groups is 1. The Balaban J connectivity index is 1.58. The Morgan fingerprint density at radius 3 is 2.49 bits per heavy atom. The van der Waals surface area contributed by atoms with Crippen molar-refractivity contribution in [2.24, 2.45) is 0 Å². The number of hydrogen-bond donors (Lipinski definition) is 3. The number of nitrogens with one attached hydrogen (secondary N) is 1. The Bertz CT molecular complexity index is 1250. The Hall–Kier alpha value is -3.86. The molecule has 35 heavy (non-hydrogen) atoms. The zero-order valence-electron chi connectivity index (χ0n) is 18.7. The van der Waals surface area contributed by atoms with Crippen LogP contribution in [0, 0.1) is 0 Å². The predicted octanol–water partition coefficient (Wildman–Crippen LogP) is 3.60. The standard InChI is InChI=1S/C24H23F3N4O4/c1-14(16-5-7-17(8-6-16)23(34)35)28-21(33)20-19(13-32)29-31-10-9-30(22(20)31)12-15-3-2-4-18(11-15)24(25,26)27/h2-8,11,14,32H,9-10,12-13H2,1H3,(H,28,33)(H,34,35). The third kappa shape index (κ3) is 4.99. The summed E-state index contributed by atoms with van der Waals surface area (Å²) in [6, 6.07) is 10.6. The van der Waals surface area contributed by atoms with Gasteiger partial charge in [0, 0.05) is 13.1 Å². The molecule has 1 aliphatic rings. The molecule has 0 spiro atoms. The van der Waals surface area contributed by atoms with Crippen molar-refractivity contribution in [3.05, 3.63) is 82.0 Å². The molecule has 0 radical (unpaired) electrons. The number of aliphatic hydroxyl groups excluding tert-OH is 1. The van der Waals surface area contributed by atoms with Gasteiger partial charge in [-0.25, -0.2) is 9.48 Å². The summed E-state index contributed by atoms with van der Waals surface area (Å²) in [5, 5.41) is 26.0. The van der Waals surface area contributed by atoms with E-state index in [0.29, 0.717) is 30.0 Å². The van der Waals surface area contributed by atoms with E-state index in [1.165, 1.54) is 18.2 Å². The van der Waals surface area contributed by atoms with Gasteiger partial charge in [0.25, 0.3) is 5.91 Å². The summed E-state index contributed by atoms with van der Waals surface area (Å²) in [6.07, 6.45) is -4.46. The lowest BCUT2D eigenvalue weighted by Crippen LogP contribution is -2.30. The van der Waals surface area contributed by atoms with Crippen molar-refractivity contribution in [2.75, 3.05) is 11.4 Å². The number of nitrogens with zero attached hydrogens (tertiary/aromatic N) is 3. The van der Waals surface area contributed by atoms with Crippen LogP contribution in [0.5, 0.6) is 0 Å². The summed E-state index contributed by atoms with van der Waals surface area (Å²) in [5.74, 6) is -1.13. The fourth-order valence-electron chi connectivity index (χ4n) is 4.13. The number of carbonyl (C=O) groups is 2. The van der Waals surface area contributed by atoms with Crippen molar-refractivity contribution in [3.8, 4) is 0 Å². The highest BCUT2D eigenvalue weighted by atomic mass is 19.4. The Kier molecular flexibility index (Phi) is 6.53. The van der Waals surface area contributed by atoms with Crippen molar-refractivity contribution >= 4 is 17.7 Å². The van der Waals surface area contributed by atoms with Crippen LogP contribution in [0.1, 0.15) is 56.1 Å². The van der Waals surface area contributed by atoms with Gasteiger partial charge in [-0.2, -0.15) is 18.3 Å². The van der Waals surface area contributed by atoms with Gasteiger partial charge in [-0.3, -0.25) is 4.79 Å². The van der Waals surface area contributed by atoms with Gasteiger partial charge in [0.05, 0.1) is 30.3 Å². The zero-order valence-corrected chi connectivity index (χ0v) is 18.7. The number of hydrogen-bond acceptors (Lipinski definition) is 5. The van der Waals surface area contributed by atoms with Crippen molar-refractivity contribution < 1.29 is 33.0 Å². The highest BCUT2D eigenvalue weighted by Gasteiger charge is 2.33. The molecule has 1 aliphatic heterocycles. The van der Waals surface area contributed by atoms with E-state index >= 15 is 0 Å². The molecule has 0 fully saturated rings. The largest absolute Gasteiger partial charge is 0.478 e. The van der Waals surface area contributed by atoms with Gasteiger partial charge in [-0.1, -0.05) is 24.3 Å². The summed E-state index contributed by atoms with van der Waals surface area (Å²) in [6.45, 7) is 2.24. The number of amides is 1. The number of carboxylic acids is 1. The highest BCUT2D eigenvalue weighted by molar-refractivity contribution is 6.00. The number of aromatic nitrogens is 2. The van der Waals surface area contributed by atoms with Gasteiger partial charge in [0.1, 0.15) is 17.1 Å². The van der Waals surface area contributed by atoms with Crippen molar-refractivity contribution in [1.82, 2.24) is 15.1 Å². The maximum atomic E-state index is 13.2. The van der Waals surface area contributed by atoms with Crippen LogP contribution in [0.15, 0.2) is 48.5 Å². The molecule has 1 atom stereocenters. The van der Waals surface area contributed by atoms with E-state index < -0.39 is 36.3 Å². The van der Waals surface area contributed by atoms with Crippen LogP contribution in [-0.2, 0) is 25.9 Å². The quantitative estimate of drug-likeness (QED) is 0.469. The van der Waals surface area contributed by atoms with E-state index in [1.807, 2.05) is 0 Å². The summed E-state index contributed by atoms with van der Waals surface area (Å²) < 4.78 is 40.9. The third-order valence-electron chi connectivity index (χ3n) is 5.89. The Morgan fingerprint density at radius 1 is 1.14 bits per heavy atom. The van der Waals surface area contributed by atoms with Gasteiger partial charge < -0.3 is 20.4 Å². The van der Waals surface area contributed by atoms with Crippen LogP contribution in [-0.4, -0.2) is 38.4 Å². The van der Waals surface area contributed by atoms with Crippen LogP contribution in [0.2, 0.25) is 0 Å². The van der Waals surface area contributed by atoms with Crippen LogP contribution in [0.4, 0.5) is 19.0 Å². The van der Waals surface area contributed by atoms with Crippen LogP contribution >= 0.6 is 0 Å². The van der Waals surface area contributed by atoms with Crippen LogP contribution < -0.4 is 10.2 Å². The minimum Gasteiger partial charge on any atom is -0.478 e. The number of fused-ring (bicyclic) bond motifs is 1. The van der Waals surface area contributed by atoms with Gasteiger partial charge in [-0.05, 0) is 42.3 Å². The van der Waals surface area contributed by atoms with Gasteiger partial charge in [0.15, 0.2) is 0 Å². The number of benzene rings is 2. The Morgan fingerprint density at radius 2 is 1.86 bits per heavy atom. The molecule has 8 nitrogen and oxygen atoms in total. The molecule has 3 N–H and O–H groups in total. The monoisotopic (exact) mass is 488 g/mol. The van der Waals surface area contributed by atoms with E-state index in [1.54, 1.807) is 34.7 Å². The molecule has 0 aliphatic carbocycles. The van der Waals surface area contributed by atoms with E-state index in [0.717, 1.165) is 12.1 Å². The first-order valence-electron chi connectivity index (χ1n) is 10.8. The molecule has 0 saturated carbocycles. The summed E-state index contributed by atoms with van der Waals surface area (Å²) >= 11 is 0. The lowest BCUT2D eigenvalue weighted by molar-refractivity contribution is -0.137. The maximum Gasteiger partial charge on any atom is 0.416 e. The average molecular weight is 488 g/mol. The predicted molar refractivity (Wildman–Crippen MR) is 120 cm³/mol. The summed E-state index contributed by atoms with van der Waals surface area (Å²) in [4.78, 5) is 26.1. The number of anilines is 1. The zero-order chi connectivity index (χ0) is 25.3. The molecule has 3 aromatic rings. The van der Waals surface area contributed by atoms with E-state index in [2.05, 4.69) is 10.4 Å². The molecule has 0 saturated heterocycles. The van der Waals surface area contributed by atoms with E-state index in [4.69, 9.17) is 5.11 Å². The number of carboxylic acid groups (broad SMARTS) is 1. The minimum atomic E-state index is -4.46. The minimum absolute atomic E-state index is 0.120. The highest BCUT2D eigenvalue weighted by Crippen LogP contribution is 2.33. The topological polar surface area (TPSA) is 108 Å². The normalized spacial score (nSPS) is 14.0. The first kappa shape index (κ1) is 24.3. The second kappa shape index (κ2) is 9.41. The SMILES string of the molecule is CC(NC(=O)c1c(CO)nn2c1N(Cc1cccc(C(F)(F)F)c1)CC2)c1ccc(C(=O)O)cc1. The van der Waals surface area contributed by atoms with E-state index in [9.17, 15) is 27.9 Å². The van der Waals surface area contributed by atoms with Crippen molar-refractivity contribution in [1.29, 1.82) is 0 Å². The first-order chi connectivity index (χ1) is 16.6. The first-order valence-corrected chi connectivity index (χ1v) is 10.8. The Labute approximate surface area is 198 Å². The lowest BCUT2D eigenvalue weighted by atomic mass is 10.1. The second-order valence-electron chi connectivity index (χ2n) is 8.27. The van der Waals surface area contributed by atoms with Crippen molar-refractivity contribution in [2.45, 2.75) is 38.8 Å². The summed E-state index contributed by atoms with van der Waals surface area (Å²) in [7, 11) is 0. The molecule has 4 rings (SSSR count). The second-order valence-corrected chi connectivity index (χ2v) is 8.27. The molecule has 1 aromatic heterocycles. The number of halogens is 3. The maximum absolute atomic E-state index is 13.2. The smallest absolute Gasteiger partial charge is 0.416 e. The van der Waals surface area contributed by atoms with Crippen molar-refractivity contribution in [3.63, 3.8) is 0 Å². The molecule has 2 aromatic carbocycles. The average Bonchev–Trinajstić information content (AvgIpc) is 3.38. The number of aromatic carboxylic acids is 1. The summed E-state index contributed by atoms with van der Waals surface area (Å²) in [5.41, 5.74) is 0.802. The van der Waals surface area contributed by atoms with E-state index in [-0.39, 0.29) is 23.4 Å². The fraction of sp³-hybridized carbons (Fsp3) is 0.292. The van der Waals surface area contributed by atoms with Crippen LogP contribution in [0.3, 0.4) is 0 Å². The fourth-order valence-corrected chi connectivity index (χ4v) is 4.13. The number of carbonyl (C=O) groups excluding carboxylic acids is 1. The molecule has 11 heteroatoms. The van der Waals surface area contributed by atoms with Gasteiger partial charge in [-0.15, -0.1) is 0 Å². The van der Waals surface area contributed by atoms with Crippen LogP contribution in [0.25, 0.3) is 0 Å². The number of alkyl halides is 3. The molecule has 1 amide bonds. The molecule has 0 bridgehead atoms. The molecular formula is C24H23F3N4O4. The molecular weight excluding hydrogens is 465 g/mol. The third-order valence-corrected chi connectivity index (χ3v) is 5.89. The molecule has 184 valence electrons. The van der Waals surface area contributed by atoms with Gasteiger partial charge >= 0.3 is 12.1 Å². The lowest BCUT2D eigenvalue weighted by Gasteiger charge is -2.21. The molecule has 2 heterocycles. The van der Waals surface area contributed by atoms with Gasteiger partial charge in [0.2, 0.25) is 0 Å².